The fraction of sp³-hybridized carbons (Fsp3) is 0.312. The molecule has 0 aliphatic heterocycles. The molecule has 0 N–H and O–H groups in total. The van der Waals surface area contributed by atoms with Gasteiger partial charge in [-0.25, -0.2) is 4.98 Å². The minimum Gasteiger partial charge on any atom is -0.362 e. The van der Waals surface area contributed by atoms with E-state index >= 15 is 0 Å². The van der Waals surface area contributed by atoms with Crippen LogP contribution in [-0.4, -0.2) is 33.7 Å². The van der Waals surface area contributed by atoms with Crippen LogP contribution in [0.25, 0.3) is 5.78 Å². The smallest absolute Gasteiger partial charge is 0.254 e. The normalized spacial score (nSPS) is 11.0. The van der Waals surface area contributed by atoms with Crippen LogP contribution in [0.3, 0.4) is 0 Å². The molecule has 0 amide bonds. The first-order valence-corrected chi connectivity index (χ1v) is 6.98. The van der Waals surface area contributed by atoms with Crippen molar-refractivity contribution in [2.75, 3.05) is 19.0 Å². The summed E-state index contributed by atoms with van der Waals surface area (Å²) >= 11 is 0. The SMILES string of the molecule is Cc1cccc(Cc2c(C)nc3ncnn3c2N(C)C)c1. The highest BCUT2D eigenvalue weighted by molar-refractivity contribution is 5.55. The molecule has 0 saturated carbocycles. The summed E-state index contributed by atoms with van der Waals surface area (Å²) in [5, 5.41) is 4.30. The molecule has 0 bridgehead atoms. The van der Waals surface area contributed by atoms with Crippen molar-refractivity contribution in [3.8, 4) is 0 Å². The van der Waals surface area contributed by atoms with Crippen molar-refractivity contribution in [3.05, 3.63) is 53.0 Å². The zero-order chi connectivity index (χ0) is 15.0. The fourth-order valence-corrected chi connectivity index (χ4v) is 2.66. The number of fused-ring (bicyclic) bond motifs is 1. The average Bonchev–Trinajstić information content (AvgIpc) is 2.86. The lowest BCUT2D eigenvalue weighted by molar-refractivity contribution is 0.863. The van der Waals surface area contributed by atoms with Crippen molar-refractivity contribution in [2.24, 2.45) is 0 Å². The summed E-state index contributed by atoms with van der Waals surface area (Å²) in [6.45, 7) is 4.15. The average molecular weight is 281 g/mol. The molecular formula is C16H19N5. The van der Waals surface area contributed by atoms with E-state index in [1.807, 2.05) is 21.0 Å². The predicted octanol–water partition coefficient (Wildman–Crippen LogP) is 2.40. The van der Waals surface area contributed by atoms with E-state index in [4.69, 9.17) is 0 Å². The molecule has 0 aliphatic rings. The van der Waals surface area contributed by atoms with Gasteiger partial charge in [0.2, 0.25) is 0 Å². The van der Waals surface area contributed by atoms with Gasteiger partial charge in [0, 0.05) is 31.8 Å². The van der Waals surface area contributed by atoms with E-state index in [1.54, 1.807) is 10.8 Å². The molecule has 21 heavy (non-hydrogen) atoms. The Bertz CT molecular complexity index is 788. The Labute approximate surface area is 124 Å². The van der Waals surface area contributed by atoms with Crippen LogP contribution in [0.5, 0.6) is 0 Å². The molecule has 1 aromatic carbocycles. The highest BCUT2D eigenvalue weighted by atomic mass is 15.4. The van der Waals surface area contributed by atoms with Gasteiger partial charge in [0.05, 0.1) is 0 Å². The first-order chi connectivity index (χ1) is 10.1. The molecule has 0 spiro atoms. The molecule has 3 rings (SSSR count). The monoisotopic (exact) mass is 281 g/mol. The Hall–Kier alpha value is -2.43. The van der Waals surface area contributed by atoms with Gasteiger partial charge in [-0.3, -0.25) is 0 Å². The van der Waals surface area contributed by atoms with Gasteiger partial charge in [-0.1, -0.05) is 29.8 Å². The third kappa shape index (κ3) is 2.46. The van der Waals surface area contributed by atoms with Gasteiger partial charge < -0.3 is 4.90 Å². The van der Waals surface area contributed by atoms with E-state index < -0.39 is 0 Å². The van der Waals surface area contributed by atoms with E-state index in [2.05, 4.69) is 51.2 Å². The summed E-state index contributed by atoms with van der Waals surface area (Å²) in [4.78, 5) is 10.8. The van der Waals surface area contributed by atoms with Crippen molar-refractivity contribution in [1.29, 1.82) is 0 Å². The minimum absolute atomic E-state index is 0.643. The Morgan fingerprint density at radius 3 is 2.71 bits per heavy atom. The molecule has 0 unspecified atom stereocenters. The van der Waals surface area contributed by atoms with E-state index in [0.29, 0.717) is 5.78 Å². The summed E-state index contributed by atoms with van der Waals surface area (Å²) in [7, 11) is 4.05. The Morgan fingerprint density at radius 2 is 2.00 bits per heavy atom. The highest BCUT2D eigenvalue weighted by Gasteiger charge is 2.16. The molecule has 5 heteroatoms. The number of anilines is 1. The topological polar surface area (TPSA) is 46.3 Å². The number of hydrogen-bond donors (Lipinski definition) is 0. The van der Waals surface area contributed by atoms with Gasteiger partial charge in [0.1, 0.15) is 12.1 Å². The molecule has 0 fully saturated rings. The van der Waals surface area contributed by atoms with Crippen LogP contribution in [0.4, 0.5) is 5.82 Å². The summed E-state index contributed by atoms with van der Waals surface area (Å²) in [5.41, 5.74) is 4.73. The predicted molar refractivity (Wildman–Crippen MR) is 83.8 cm³/mol. The van der Waals surface area contributed by atoms with E-state index in [1.165, 1.54) is 16.7 Å². The lowest BCUT2D eigenvalue weighted by atomic mass is 10.0. The van der Waals surface area contributed by atoms with E-state index in [-0.39, 0.29) is 0 Å². The van der Waals surface area contributed by atoms with Crippen molar-refractivity contribution in [1.82, 2.24) is 19.6 Å². The van der Waals surface area contributed by atoms with Gasteiger partial charge >= 0.3 is 0 Å². The minimum atomic E-state index is 0.643. The van der Waals surface area contributed by atoms with Crippen LogP contribution < -0.4 is 4.90 Å². The van der Waals surface area contributed by atoms with Crippen molar-refractivity contribution < 1.29 is 0 Å². The Kier molecular flexibility index (Phi) is 3.33. The summed E-state index contributed by atoms with van der Waals surface area (Å²) in [6, 6.07) is 8.57. The van der Waals surface area contributed by atoms with Gasteiger partial charge in [-0.2, -0.15) is 14.6 Å². The largest absolute Gasteiger partial charge is 0.362 e. The van der Waals surface area contributed by atoms with Crippen molar-refractivity contribution in [2.45, 2.75) is 20.3 Å². The molecule has 0 aliphatic carbocycles. The number of aryl methyl sites for hydroxylation is 2. The van der Waals surface area contributed by atoms with Gasteiger partial charge in [0.15, 0.2) is 0 Å². The maximum atomic E-state index is 4.56. The van der Waals surface area contributed by atoms with Crippen LogP contribution in [0.2, 0.25) is 0 Å². The molecule has 0 radical (unpaired) electrons. The molecule has 108 valence electrons. The quantitative estimate of drug-likeness (QED) is 0.739. The summed E-state index contributed by atoms with van der Waals surface area (Å²) in [5.74, 6) is 1.68. The number of aromatic nitrogens is 4. The molecule has 0 atom stereocenters. The third-order valence-corrected chi connectivity index (χ3v) is 3.59. The second-order valence-corrected chi connectivity index (χ2v) is 5.53. The second-order valence-electron chi connectivity index (χ2n) is 5.53. The standard InChI is InChI=1S/C16H19N5/c1-11-6-5-7-13(8-11)9-14-12(2)19-16-17-10-18-21(16)15(14)20(3)4/h5-8,10H,9H2,1-4H3. The molecular weight excluding hydrogens is 262 g/mol. The lowest BCUT2D eigenvalue weighted by Crippen LogP contribution is -2.18. The van der Waals surface area contributed by atoms with Crippen molar-refractivity contribution >= 4 is 11.6 Å². The second kappa shape index (κ2) is 5.16. The summed E-state index contributed by atoms with van der Waals surface area (Å²) in [6.07, 6.45) is 2.38. The molecule has 0 saturated heterocycles. The molecule has 2 aromatic heterocycles. The van der Waals surface area contributed by atoms with E-state index in [9.17, 15) is 0 Å². The van der Waals surface area contributed by atoms with Gasteiger partial charge in [-0.15, -0.1) is 0 Å². The zero-order valence-electron chi connectivity index (χ0n) is 12.8. The Balaban J connectivity index is 2.16. The first kappa shape index (κ1) is 13.5. The molecule has 5 nitrogen and oxygen atoms in total. The van der Waals surface area contributed by atoms with Crippen LogP contribution in [0.15, 0.2) is 30.6 Å². The van der Waals surface area contributed by atoms with Crippen LogP contribution in [-0.2, 0) is 6.42 Å². The van der Waals surface area contributed by atoms with E-state index in [0.717, 1.165) is 17.9 Å². The maximum Gasteiger partial charge on any atom is 0.254 e. The number of nitrogens with zero attached hydrogens (tertiary/aromatic N) is 5. The maximum absolute atomic E-state index is 4.56. The molecule has 2 heterocycles. The Morgan fingerprint density at radius 1 is 1.19 bits per heavy atom. The lowest BCUT2D eigenvalue weighted by Gasteiger charge is -2.19. The van der Waals surface area contributed by atoms with Crippen LogP contribution in [0, 0.1) is 13.8 Å². The van der Waals surface area contributed by atoms with Gasteiger partial charge in [-0.05, 0) is 19.4 Å². The third-order valence-electron chi connectivity index (χ3n) is 3.59. The van der Waals surface area contributed by atoms with Gasteiger partial charge in [0.25, 0.3) is 5.78 Å². The molecule has 3 aromatic rings. The zero-order valence-corrected chi connectivity index (χ0v) is 12.8. The van der Waals surface area contributed by atoms with Crippen molar-refractivity contribution in [3.63, 3.8) is 0 Å². The van der Waals surface area contributed by atoms with Crippen LogP contribution in [0.1, 0.15) is 22.4 Å². The number of hydrogen-bond acceptors (Lipinski definition) is 4. The highest BCUT2D eigenvalue weighted by Crippen LogP contribution is 2.24. The number of benzene rings is 1. The fourth-order valence-electron chi connectivity index (χ4n) is 2.66. The van der Waals surface area contributed by atoms with Crippen LogP contribution >= 0.6 is 0 Å². The number of rotatable bonds is 3. The summed E-state index contributed by atoms with van der Waals surface area (Å²) < 4.78 is 1.80. The first-order valence-electron chi connectivity index (χ1n) is 6.98.